The number of benzene rings is 1. The summed E-state index contributed by atoms with van der Waals surface area (Å²) in [5.74, 6) is -1.45. The number of nitrogens with zero attached hydrogens (tertiary/aromatic N) is 5. The summed E-state index contributed by atoms with van der Waals surface area (Å²) in [5.41, 5.74) is -0.818. The highest BCUT2D eigenvalue weighted by Crippen LogP contribution is 2.46. The van der Waals surface area contributed by atoms with E-state index in [1.165, 1.54) is 15.9 Å². The number of rotatable bonds is 4. The van der Waals surface area contributed by atoms with E-state index in [9.17, 15) is 31.1 Å². The Hall–Kier alpha value is -3.58. The second-order valence-electron chi connectivity index (χ2n) is 9.09. The Balaban J connectivity index is 1.59. The lowest BCUT2D eigenvalue weighted by Gasteiger charge is -2.17. The topological polar surface area (TPSA) is 73.6 Å². The summed E-state index contributed by atoms with van der Waals surface area (Å²) in [7, 11) is 0. The maximum Gasteiger partial charge on any atom is 0.451 e. The van der Waals surface area contributed by atoms with Crippen molar-refractivity contribution in [2.24, 2.45) is 0 Å². The van der Waals surface area contributed by atoms with Crippen molar-refractivity contribution in [2.45, 2.75) is 37.7 Å². The number of halogens is 7. The van der Waals surface area contributed by atoms with Gasteiger partial charge < -0.3 is 0 Å². The summed E-state index contributed by atoms with van der Waals surface area (Å²) in [4.78, 5) is 29.3. The number of pyridine rings is 1. The number of hydrogen-bond donors (Lipinski definition) is 0. The minimum absolute atomic E-state index is 0.0492. The van der Waals surface area contributed by atoms with Gasteiger partial charge in [0, 0.05) is 44.8 Å². The zero-order chi connectivity index (χ0) is 27.7. The third-order valence-corrected chi connectivity index (χ3v) is 7.62. The molecule has 0 unspecified atom stereocenters. The van der Waals surface area contributed by atoms with Gasteiger partial charge in [0.25, 0.3) is 5.56 Å². The Morgan fingerprint density at radius 3 is 2.33 bits per heavy atom. The number of fused-ring (bicyclic) bond motifs is 3. The van der Waals surface area contributed by atoms with Crippen molar-refractivity contribution in [3.05, 3.63) is 80.9 Å². The molecule has 39 heavy (non-hydrogen) atoms. The smallest absolute Gasteiger partial charge is 0.287 e. The van der Waals surface area contributed by atoms with Gasteiger partial charge in [-0.05, 0) is 42.5 Å². The average Bonchev–Trinajstić information content (AvgIpc) is 3.65. The SMILES string of the molecule is O=c1c2c(nc(-c3cnc(C(F)(F)F)cc3C3CC3)n1Cc1cnc(C(F)(F)F)nc1)sc1cc(Cl)ccc12. The van der Waals surface area contributed by atoms with Crippen LogP contribution in [0, 0.1) is 0 Å². The number of hydrogen-bond acceptors (Lipinski definition) is 6. The predicted molar refractivity (Wildman–Crippen MR) is 133 cm³/mol. The van der Waals surface area contributed by atoms with Crippen molar-refractivity contribution in [1.82, 2.24) is 24.5 Å². The van der Waals surface area contributed by atoms with E-state index >= 15 is 0 Å². The molecule has 0 N–H and O–H groups in total. The van der Waals surface area contributed by atoms with Crippen molar-refractivity contribution >= 4 is 43.2 Å². The summed E-state index contributed by atoms with van der Waals surface area (Å²) in [6.45, 7) is -0.273. The zero-order valence-corrected chi connectivity index (χ0v) is 21.0. The largest absolute Gasteiger partial charge is 0.451 e. The van der Waals surface area contributed by atoms with Gasteiger partial charge in [-0.2, -0.15) is 26.3 Å². The molecule has 1 aliphatic rings. The van der Waals surface area contributed by atoms with Crippen LogP contribution in [-0.2, 0) is 18.9 Å². The Kier molecular flexibility index (Phi) is 5.92. The highest BCUT2D eigenvalue weighted by molar-refractivity contribution is 7.25. The van der Waals surface area contributed by atoms with Crippen molar-refractivity contribution in [3.8, 4) is 11.4 Å². The third-order valence-electron chi connectivity index (χ3n) is 6.34. The first-order valence-corrected chi connectivity index (χ1v) is 12.7. The van der Waals surface area contributed by atoms with Crippen LogP contribution in [0.15, 0.2) is 47.7 Å². The predicted octanol–water partition coefficient (Wildman–Crippen LogP) is 7.08. The second kappa shape index (κ2) is 8.98. The standard InChI is InChI=1S/C25H14ClF6N5OS/c26-13-3-4-14-17(5-13)39-21-19(14)22(38)37(10-11-7-34-23(35-8-11)25(30,31)32)20(36-21)16-9-33-18(24(27,28)29)6-15(16)12-1-2-12/h3-9,12H,1-2,10H2. The lowest BCUT2D eigenvalue weighted by Crippen LogP contribution is -2.24. The van der Waals surface area contributed by atoms with Crippen molar-refractivity contribution in [2.75, 3.05) is 0 Å². The summed E-state index contributed by atoms with van der Waals surface area (Å²) < 4.78 is 81.2. The van der Waals surface area contributed by atoms with Crippen LogP contribution < -0.4 is 5.56 Å². The Morgan fingerprint density at radius 2 is 1.69 bits per heavy atom. The van der Waals surface area contributed by atoms with E-state index in [0.29, 0.717) is 38.3 Å². The van der Waals surface area contributed by atoms with Crippen LogP contribution in [-0.4, -0.2) is 24.5 Å². The van der Waals surface area contributed by atoms with E-state index in [4.69, 9.17) is 11.6 Å². The van der Waals surface area contributed by atoms with E-state index < -0.39 is 29.4 Å². The Bertz CT molecular complexity index is 1810. The van der Waals surface area contributed by atoms with Gasteiger partial charge >= 0.3 is 12.4 Å². The van der Waals surface area contributed by atoms with Gasteiger partial charge in [-0.1, -0.05) is 17.7 Å². The molecule has 0 saturated heterocycles. The number of aromatic nitrogens is 5. The van der Waals surface area contributed by atoms with E-state index in [2.05, 4.69) is 19.9 Å². The summed E-state index contributed by atoms with van der Waals surface area (Å²) in [6, 6.07) is 5.92. The van der Waals surface area contributed by atoms with E-state index in [0.717, 1.165) is 24.7 Å². The first-order valence-electron chi connectivity index (χ1n) is 11.5. The van der Waals surface area contributed by atoms with Crippen LogP contribution in [0.4, 0.5) is 26.3 Å². The van der Waals surface area contributed by atoms with Crippen LogP contribution >= 0.6 is 22.9 Å². The molecule has 4 heterocycles. The van der Waals surface area contributed by atoms with E-state index in [1.54, 1.807) is 18.2 Å². The molecule has 1 aliphatic carbocycles. The first-order chi connectivity index (χ1) is 18.4. The summed E-state index contributed by atoms with van der Waals surface area (Å²) in [6.07, 6.45) is -5.13. The fourth-order valence-electron chi connectivity index (χ4n) is 4.39. The van der Waals surface area contributed by atoms with E-state index in [1.807, 2.05) is 0 Å². The Morgan fingerprint density at radius 1 is 0.974 bits per heavy atom. The van der Waals surface area contributed by atoms with Crippen LogP contribution in [0.2, 0.25) is 5.02 Å². The van der Waals surface area contributed by atoms with Crippen molar-refractivity contribution < 1.29 is 26.3 Å². The van der Waals surface area contributed by atoms with Crippen molar-refractivity contribution in [3.63, 3.8) is 0 Å². The van der Waals surface area contributed by atoms with Crippen LogP contribution in [0.1, 0.15) is 41.4 Å². The third kappa shape index (κ3) is 4.73. The van der Waals surface area contributed by atoms with Gasteiger partial charge in [-0.3, -0.25) is 14.3 Å². The van der Waals surface area contributed by atoms with Gasteiger partial charge in [0.1, 0.15) is 16.3 Å². The molecule has 1 fully saturated rings. The molecule has 0 atom stereocenters. The molecule has 0 aliphatic heterocycles. The molecule has 0 spiro atoms. The van der Waals surface area contributed by atoms with Crippen molar-refractivity contribution in [1.29, 1.82) is 0 Å². The summed E-state index contributed by atoms with van der Waals surface area (Å²) in [5, 5.41) is 1.28. The average molecular weight is 582 g/mol. The maximum atomic E-state index is 13.9. The monoisotopic (exact) mass is 581 g/mol. The van der Waals surface area contributed by atoms with Gasteiger partial charge in [0.2, 0.25) is 5.82 Å². The van der Waals surface area contributed by atoms with Gasteiger partial charge in [-0.15, -0.1) is 11.3 Å². The van der Waals surface area contributed by atoms with Crippen LogP contribution in [0.3, 0.4) is 0 Å². The quantitative estimate of drug-likeness (QED) is 0.212. The van der Waals surface area contributed by atoms with Crippen LogP contribution in [0.25, 0.3) is 31.7 Å². The van der Waals surface area contributed by atoms with E-state index in [-0.39, 0.29) is 34.8 Å². The minimum atomic E-state index is -4.75. The zero-order valence-electron chi connectivity index (χ0n) is 19.4. The summed E-state index contributed by atoms with van der Waals surface area (Å²) >= 11 is 7.32. The second-order valence-corrected chi connectivity index (χ2v) is 10.6. The molecule has 200 valence electrons. The fraction of sp³-hybridized carbons (Fsp3) is 0.240. The Labute approximate surface area is 223 Å². The molecular formula is C25H14ClF6N5OS. The highest BCUT2D eigenvalue weighted by Gasteiger charge is 2.37. The molecule has 5 aromatic rings. The maximum absolute atomic E-state index is 13.9. The minimum Gasteiger partial charge on any atom is -0.287 e. The molecule has 6 rings (SSSR count). The molecule has 1 saturated carbocycles. The molecule has 0 radical (unpaired) electrons. The molecule has 6 nitrogen and oxygen atoms in total. The normalized spacial score (nSPS) is 14.4. The number of thiophene rings is 1. The van der Waals surface area contributed by atoms with Gasteiger partial charge in [0.15, 0.2) is 0 Å². The lowest BCUT2D eigenvalue weighted by atomic mass is 10.0. The van der Waals surface area contributed by atoms with Gasteiger partial charge in [-0.25, -0.2) is 15.0 Å². The van der Waals surface area contributed by atoms with Gasteiger partial charge in [0.05, 0.1) is 11.9 Å². The molecule has 0 amide bonds. The molecule has 0 bridgehead atoms. The number of alkyl halides is 6. The fourth-order valence-corrected chi connectivity index (χ4v) is 5.74. The highest BCUT2D eigenvalue weighted by atomic mass is 35.5. The lowest BCUT2D eigenvalue weighted by molar-refractivity contribution is -0.145. The molecule has 4 aromatic heterocycles. The van der Waals surface area contributed by atoms with Crippen LogP contribution in [0.5, 0.6) is 0 Å². The first kappa shape index (κ1) is 25.7. The molecule has 14 heteroatoms. The molecule has 1 aromatic carbocycles. The molecular weight excluding hydrogens is 568 g/mol.